The molecule has 1 aromatic heterocycles. The molecule has 0 amide bonds. The van der Waals surface area contributed by atoms with Crippen molar-refractivity contribution < 1.29 is 0 Å². The van der Waals surface area contributed by atoms with E-state index in [9.17, 15) is 0 Å². The van der Waals surface area contributed by atoms with E-state index in [2.05, 4.69) is 36.6 Å². The summed E-state index contributed by atoms with van der Waals surface area (Å²) in [6, 6.07) is 8.48. The van der Waals surface area contributed by atoms with Crippen LogP contribution in [0.25, 0.3) is 11.1 Å². The van der Waals surface area contributed by atoms with Gasteiger partial charge in [-0.3, -0.25) is 0 Å². The minimum absolute atomic E-state index is 0.994. The Morgan fingerprint density at radius 3 is 2.38 bits per heavy atom. The van der Waals surface area contributed by atoms with E-state index in [1.807, 2.05) is 0 Å². The first-order valence-electron chi connectivity index (χ1n) is 3.92. The second kappa shape index (κ2) is 3.70. The van der Waals surface area contributed by atoms with Crippen molar-refractivity contribution in [2.75, 3.05) is 0 Å². The highest BCUT2D eigenvalue weighted by molar-refractivity contribution is 7.79. The maximum atomic E-state index is 5.23. The van der Waals surface area contributed by atoms with Gasteiger partial charge in [0, 0.05) is 10.9 Å². The maximum Gasteiger partial charge on any atom is 0.109 e. The van der Waals surface area contributed by atoms with Crippen LogP contribution < -0.4 is 0 Å². The molecular formula is C10H8S3. The summed E-state index contributed by atoms with van der Waals surface area (Å²) in [4.78, 5) is 0. The lowest BCUT2D eigenvalue weighted by molar-refractivity contribution is 1.47. The SMILES string of the molecule is Cc1ccc(-c2cssc2=S)cc1. The minimum Gasteiger partial charge on any atom is -0.0865 e. The van der Waals surface area contributed by atoms with Gasteiger partial charge in [-0.2, -0.15) is 0 Å². The maximum absolute atomic E-state index is 5.23. The van der Waals surface area contributed by atoms with Crippen molar-refractivity contribution in [2.45, 2.75) is 6.92 Å². The van der Waals surface area contributed by atoms with Crippen LogP contribution in [-0.4, -0.2) is 0 Å². The largest absolute Gasteiger partial charge is 0.109 e. The van der Waals surface area contributed by atoms with Crippen LogP contribution in [0.3, 0.4) is 0 Å². The van der Waals surface area contributed by atoms with Crippen molar-refractivity contribution in [3.63, 3.8) is 0 Å². The summed E-state index contributed by atoms with van der Waals surface area (Å²) in [5.74, 6) is 0. The Kier molecular flexibility index (Phi) is 2.58. The number of rotatable bonds is 1. The summed E-state index contributed by atoms with van der Waals surface area (Å²) in [5, 5.41) is 2.12. The molecule has 0 atom stereocenters. The second-order valence-corrected chi connectivity index (χ2v) is 5.61. The Labute approximate surface area is 89.9 Å². The van der Waals surface area contributed by atoms with Crippen LogP contribution in [0.15, 0.2) is 29.6 Å². The summed E-state index contributed by atoms with van der Waals surface area (Å²) in [6.07, 6.45) is 0. The van der Waals surface area contributed by atoms with Crippen molar-refractivity contribution in [3.8, 4) is 11.1 Å². The summed E-state index contributed by atoms with van der Waals surface area (Å²) < 4.78 is 0.994. The molecule has 1 heterocycles. The van der Waals surface area contributed by atoms with Gasteiger partial charge in [0.2, 0.25) is 0 Å². The number of aryl methyl sites for hydroxylation is 1. The third-order valence-electron chi connectivity index (χ3n) is 1.87. The monoisotopic (exact) mass is 224 g/mol. The summed E-state index contributed by atoms with van der Waals surface area (Å²) >= 11 is 5.23. The lowest BCUT2D eigenvalue weighted by Gasteiger charge is -1.96. The molecule has 0 nitrogen and oxygen atoms in total. The quantitative estimate of drug-likeness (QED) is 0.507. The first-order valence-corrected chi connectivity index (χ1v) is 6.54. The van der Waals surface area contributed by atoms with Gasteiger partial charge in [-0.15, -0.1) is 0 Å². The zero-order valence-electron chi connectivity index (χ0n) is 7.11. The number of hydrogen-bond acceptors (Lipinski definition) is 3. The molecule has 13 heavy (non-hydrogen) atoms. The highest BCUT2D eigenvalue weighted by atomic mass is 32.9. The van der Waals surface area contributed by atoms with Gasteiger partial charge in [-0.1, -0.05) is 62.7 Å². The van der Waals surface area contributed by atoms with E-state index in [1.165, 1.54) is 16.7 Å². The first kappa shape index (κ1) is 9.06. The average molecular weight is 224 g/mol. The van der Waals surface area contributed by atoms with Crippen molar-refractivity contribution >= 4 is 32.9 Å². The van der Waals surface area contributed by atoms with E-state index in [1.54, 1.807) is 20.7 Å². The van der Waals surface area contributed by atoms with Crippen LogP contribution >= 0.6 is 32.9 Å². The third-order valence-corrected chi connectivity index (χ3v) is 4.54. The Balaban J connectivity index is 2.54. The van der Waals surface area contributed by atoms with Gasteiger partial charge in [-0.25, -0.2) is 0 Å². The van der Waals surface area contributed by atoms with Crippen LogP contribution in [0, 0.1) is 10.7 Å². The van der Waals surface area contributed by atoms with E-state index in [4.69, 9.17) is 12.2 Å². The second-order valence-electron chi connectivity index (χ2n) is 2.86. The van der Waals surface area contributed by atoms with Gasteiger partial charge >= 0.3 is 0 Å². The van der Waals surface area contributed by atoms with Crippen molar-refractivity contribution in [3.05, 3.63) is 39.0 Å². The van der Waals surface area contributed by atoms with E-state index >= 15 is 0 Å². The molecule has 0 aliphatic rings. The molecule has 0 N–H and O–H groups in total. The molecule has 0 aliphatic carbocycles. The van der Waals surface area contributed by atoms with Gasteiger partial charge in [0.1, 0.15) is 3.82 Å². The highest BCUT2D eigenvalue weighted by Crippen LogP contribution is 2.27. The van der Waals surface area contributed by atoms with Crippen LogP contribution in [0.4, 0.5) is 0 Å². The molecule has 0 spiro atoms. The normalized spacial score (nSPS) is 10.2. The van der Waals surface area contributed by atoms with Crippen molar-refractivity contribution in [1.29, 1.82) is 0 Å². The van der Waals surface area contributed by atoms with Crippen LogP contribution in [-0.2, 0) is 0 Å². The first-order chi connectivity index (χ1) is 6.27. The molecule has 0 unspecified atom stereocenters. The minimum atomic E-state index is 0.994. The Hall–Kier alpha value is -0.510. The highest BCUT2D eigenvalue weighted by Gasteiger charge is 2.00. The molecule has 0 radical (unpaired) electrons. The molecule has 0 saturated carbocycles. The smallest absolute Gasteiger partial charge is 0.0865 e. The fourth-order valence-corrected chi connectivity index (χ4v) is 3.52. The Bertz CT molecular complexity index is 448. The summed E-state index contributed by atoms with van der Waals surface area (Å²) in [7, 11) is 3.36. The van der Waals surface area contributed by atoms with Gasteiger partial charge in [0.05, 0.1) is 0 Å². The standard InChI is InChI=1S/C10H8S3/c1-7-2-4-8(5-3-7)9-6-12-13-10(9)11/h2-6H,1H3. The topological polar surface area (TPSA) is 0 Å². The predicted octanol–water partition coefficient (Wildman–Crippen LogP) is 4.51. The van der Waals surface area contributed by atoms with Crippen molar-refractivity contribution in [2.24, 2.45) is 0 Å². The van der Waals surface area contributed by atoms with Gasteiger partial charge < -0.3 is 0 Å². The summed E-state index contributed by atoms with van der Waals surface area (Å²) in [6.45, 7) is 2.09. The average Bonchev–Trinajstić information content (AvgIpc) is 2.53. The Morgan fingerprint density at radius 1 is 1.15 bits per heavy atom. The lowest BCUT2D eigenvalue weighted by Crippen LogP contribution is -1.74. The molecule has 1 aromatic carbocycles. The van der Waals surface area contributed by atoms with Crippen LogP contribution in [0.2, 0.25) is 0 Å². The molecule has 66 valence electrons. The lowest BCUT2D eigenvalue weighted by atomic mass is 10.1. The molecule has 0 saturated heterocycles. The predicted molar refractivity (Wildman–Crippen MR) is 63.2 cm³/mol. The number of hydrogen-bond donors (Lipinski definition) is 0. The molecule has 0 fully saturated rings. The molecular weight excluding hydrogens is 216 g/mol. The molecule has 0 aliphatic heterocycles. The van der Waals surface area contributed by atoms with E-state index in [0.29, 0.717) is 0 Å². The molecule has 2 aromatic rings. The van der Waals surface area contributed by atoms with Gasteiger partial charge in [0.25, 0.3) is 0 Å². The van der Waals surface area contributed by atoms with Gasteiger partial charge in [0.15, 0.2) is 0 Å². The van der Waals surface area contributed by atoms with E-state index < -0.39 is 0 Å². The zero-order valence-corrected chi connectivity index (χ0v) is 9.56. The Morgan fingerprint density at radius 2 is 1.85 bits per heavy atom. The summed E-state index contributed by atoms with van der Waals surface area (Å²) in [5.41, 5.74) is 3.71. The zero-order chi connectivity index (χ0) is 9.26. The molecule has 3 heteroatoms. The third kappa shape index (κ3) is 1.88. The van der Waals surface area contributed by atoms with E-state index in [0.717, 1.165) is 3.82 Å². The van der Waals surface area contributed by atoms with Crippen LogP contribution in [0.1, 0.15) is 5.56 Å². The van der Waals surface area contributed by atoms with Crippen LogP contribution in [0.5, 0.6) is 0 Å². The fourth-order valence-electron chi connectivity index (χ4n) is 1.13. The molecule has 2 rings (SSSR count). The van der Waals surface area contributed by atoms with Crippen molar-refractivity contribution in [1.82, 2.24) is 0 Å². The molecule has 0 bridgehead atoms. The van der Waals surface area contributed by atoms with E-state index in [-0.39, 0.29) is 0 Å². The fraction of sp³-hybridized carbons (Fsp3) is 0.100. The number of benzene rings is 1. The van der Waals surface area contributed by atoms with Gasteiger partial charge in [-0.05, 0) is 12.5 Å².